The molecule has 0 saturated heterocycles. The molecule has 144 valence electrons. The highest BCUT2D eigenvalue weighted by atomic mass is 19.1. The first-order valence-corrected chi connectivity index (χ1v) is 8.67. The maximum absolute atomic E-state index is 13.7. The zero-order chi connectivity index (χ0) is 20.1. The Morgan fingerprint density at radius 1 is 1.04 bits per heavy atom. The molecule has 0 bridgehead atoms. The Kier molecular flexibility index (Phi) is 5.84. The summed E-state index contributed by atoms with van der Waals surface area (Å²) in [5.41, 5.74) is 0.949. The van der Waals surface area contributed by atoms with Crippen LogP contribution in [0.1, 0.15) is 24.2 Å². The van der Waals surface area contributed by atoms with Gasteiger partial charge < -0.3 is 15.4 Å². The lowest BCUT2D eigenvalue weighted by atomic mass is 10.2. The number of hydrogen-bond acceptors (Lipinski definition) is 4. The van der Waals surface area contributed by atoms with Crippen molar-refractivity contribution in [3.8, 4) is 5.75 Å². The summed E-state index contributed by atoms with van der Waals surface area (Å²) in [6.07, 6.45) is 1.55. The van der Waals surface area contributed by atoms with Crippen molar-refractivity contribution in [1.82, 2.24) is 4.98 Å². The van der Waals surface area contributed by atoms with E-state index in [0.717, 1.165) is 17.5 Å². The monoisotopic (exact) mass is 383 g/mol. The summed E-state index contributed by atoms with van der Waals surface area (Å²) in [4.78, 5) is 16.5. The van der Waals surface area contributed by atoms with Crippen molar-refractivity contribution in [3.05, 3.63) is 78.0 Å². The van der Waals surface area contributed by atoms with Gasteiger partial charge in [-0.2, -0.15) is 0 Å². The van der Waals surface area contributed by atoms with E-state index in [1.807, 2.05) is 38.1 Å². The number of nitrogens with zero attached hydrogens (tertiary/aromatic N) is 1. The van der Waals surface area contributed by atoms with E-state index < -0.39 is 17.5 Å². The predicted octanol–water partition coefficient (Wildman–Crippen LogP) is 5.14. The molecule has 7 heteroatoms. The summed E-state index contributed by atoms with van der Waals surface area (Å²) in [5, 5.41) is 5.51. The Morgan fingerprint density at radius 2 is 1.79 bits per heavy atom. The zero-order valence-corrected chi connectivity index (χ0v) is 15.4. The Morgan fingerprint density at radius 3 is 2.46 bits per heavy atom. The molecule has 0 atom stereocenters. The number of carbonyl (C=O) groups is 1. The highest BCUT2D eigenvalue weighted by Crippen LogP contribution is 2.21. The number of carbonyl (C=O) groups excluding carboxylic acids is 1. The molecule has 0 saturated carbocycles. The van der Waals surface area contributed by atoms with Crippen LogP contribution >= 0.6 is 0 Å². The summed E-state index contributed by atoms with van der Waals surface area (Å²) in [6, 6.07) is 13.3. The molecule has 2 N–H and O–H groups in total. The average Bonchev–Trinajstić information content (AvgIpc) is 2.65. The van der Waals surface area contributed by atoms with Gasteiger partial charge in [0, 0.05) is 23.5 Å². The molecule has 1 aromatic heterocycles. The first kappa shape index (κ1) is 19.3. The fourth-order valence-corrected chi connectivity index (χ4v) is 2.46. The number of amides is 1. The second-order valence-corrected chi connectivity index (χ2v) is 6.32. The predicted molar refractivity (Wildman–Crippen MR) is 104 cm³/mol. The van der Waals surface area contributed by atoms with Gasteiger partial charge in [0.2, 0.25) is 0 Å². The zero-order valence-electron chi connectivity index (χ0n) is 15.4. The van der Waals surface area contributed by atoms with Gasteiger partial charge in [-0.3, -0.25) is 4.79 Å². The molecule has 0 unspecified atom stereocenters. The van der Waals surface area contributed by atoms with E-state index >= 15 is 0 Å². The summed E-state index contributed by atoms with van der Waals surface area (Å²) < 4.78 is 32.3. The fourth-order valence-electron chi connectivity index (χ4n) is 2.46. The van der Waals surface area contributed by atoms with Crippen LogP contribution in [0.2, 0.25) is 0 Å². The van der Waals surface area contributed by atoms with Crippen LogP contribution < -0.4 is 15.4 Å². The largest absolute Gasteiger partial charge is 0.491 e. The van der Waals surface area contributed by atoms with Crippen LogP contribution in [0.5, 0.6) is 5.75 Å². The van der Waals surface area contributed by atoms with E-state index in [0.29, 0.717) is 11.9 Å². The van der Waals surface area contributed by atoms with E-state index in [1.165, 1.54) is 24.4 Å². The van der Waals surface area contributed by atoms with Crippen LogP contribution in [0, 0.1) is 11.6 Å². The number of hydrogen-bond donors (Lipinski definition) is 2. The quantitative estimate of drug-likeness (QED) is 0.618. The summed E-state index contributed by atoms with van der Waals surface area (Å²) in [6.45, 7) is 3.90. The van der Waals surface area contributed by atoms with Gasteiger partial charge in [0.05, 0.1) is 11.8 Å². The van der Waals surface area contributed by atoms with Crippen LogP contribution in [0.25, 0.3) is 0 Å². The van der Waals surface area contributed by atoms with E-state index in [2.05, 4.69) is 15.6 Å². The van der Waals surface area contributed by atoms with Crippen LogP contribution in [0.3, 0.4) is 0 Å². The SMILES string of the molecule is CC(C)Oc1ccc(Nc2cc(C(=O)Nc3ccc(F)cc3F)ccn2)cc1. The highest BCUT2D eigenvalue weighted by Gasteiger charge is 2.11. The van der Waals surface area contributed by atoms with Gasteiger partial charge in [0.25, 0.3) is 5.91 Å². The third kappa shape index (κ3) is 5.03. The molecule has 1 amide bonds. The first-order valence-electron chi connectivity index (χ1n) is 8.67. The summed E-state index contributed by atoms with van der Waals surface area (Å²) in [5.74, 6) is -0.885. The minimum atomic E-state index is -0.843. The highest BCUT2D eigenvalue weighted by molar-refractivity contribution is 6.04. The van der Waals surface area contributed by atoms with Gasteiger partial charge in [-0.25, -0.2) is 13.8 Å². The number of ether oxygens (including phenoxy) is 1. The summed E-state index contributed by atoms with van der Waals surface area (Å²) in [7, 11) is 0. The first-order chi connectivity index (χ1) is 13.4. The van der Waals surface area contributed by atoms with Crippen molar-refractivity contribution in [2.75, 3.05) is 10.6 Å². The van der Waals surface area contributed by atoms with Gasteiger partial charge in [0.15, 0.2) is 0 Å². The number of pyridine rings is 1. The Bertz CT molecular complexity index is 976. The van der Waals surface area contributed by atoms with E-state index in [4.69, 9.17) is 4.74 Å². The topological polar surface area (TPSA) is 63.2 Å². The third-order valence-electron chi connectivity index (χ3n) is 3.70. The van der Waals surface area contributed by atoms with Gasteiger partial charge in [-0.1, -0.05) is 0 Å². The van der Waals surface area contributed by atoms with Gasteiger partial charge in [0.1, 0.15) is 23.2 Å². The molecule has 2 aromatic carbocycles. The normalized spacial score (nSPS) is 10.6. The van der Waals surface area contributed by atoms with Crippen LogP contribution in [-0.4, -0.2) is 17.0 Å². The van der Waals surface area contributed by atoms with Crippen LogP contribution in [-0.2, 0) is 0 Å². The Labute approximate surface area is 161 Å². The molecule has 0 fully saturated rings. The second-order valence-electron chi connectivity index (χ2n) is 6.32. The van der Waals surface area contributed by atoms with Crippen molar-refractivity contribution in [2.45, 2.75) is 20.0 Å². The molecule has 1 heterocycles. The van der Waals surface area contributed by atoms with Crippen molar-refractivity contribution in [2.24, 2.45) is 0 Å². The van der Waals surface area contributed by atoms with Gasteiger partial charge in [-0.05, 0) is 62.4 Å². The number of anilines is 3. The second kappa shape index (κ2) is 8.47. The van der Waals surface area contributed by atoms with E-state index in [-0.39, 0.29) is 17.4 Å². The molecule has 0 spiro atoms. The van der Waals surface area contributed by atoms with E-state index in [1.54, 1.807) is 0 Å². The lowest BCUT2D eigenvalue weighted by Crippen LogP contribution is -2.13. The molecule has 5 nitrogen and oxygen atoms in total. The average molecular weight is 383 g/mol. The molecular formula is C21H19F2N3O2. The Hall–Kier alpha value is -3.48. The van der Waals surface area contributed by atoms with Crippen molar-refractivity contribution < 1.29 is 18.3 Å². The molecule has 0 aliphatic heterocycles. The van der Waals surface area contributed by atoms with E-state index in [9.17, 15) is 13.6 Å². The van der Waals surface area contributed by atoms with Crippen molar-refractivity contribution in [3.63, 3.8) is 0 Å². The lowest BCUT2D eigenvalue weighted by molar-refractivity contribution is 0.102. The molecular weight excluding hydrogens is 364 g/mol. The minimum Gasteiger partial charge on any atom is -0.491 e. The minimum absolute atomic E-state index is 0.0848. The number of nitrogens with one attached hydrogen (secondary N) is 2. The number of aromatic nitrogens is 1. The Balaban J connectivity index is 1.70. The lowest BCUT2D eigenvalue weighted by Gasteiger charge is -2.11. The molecule has 0 aliphatic rings. The maximum Gasteiger partial charge on any atom is 0.255 e. The maximum atomic E-state index is 13.7. The summed E-state index contributed by atoms with van der Waals surface area (Å²) >= 11 is 0. The number of benzene rings is 2. The third-order valence-corrected chi connectivity index (χ3v) is 3.70. The molecule has 0 aliphatic carbocycles. The molecule has 0 radical (unpaired) electrons. The molecule has 3 aromatic rings. The van der Waals surface area contributed by atoms with Gasteiger partial charge >= 0.3 is 0 Å². The molecule has 28 heavy (non-hydrogen) atoms. The fraction of sp³-hybridized carbons (Fsp3) is 0.143. The van der Waals surface area contributed by atoms with Crippen molar-refractivity contribution in [1.29, 1.82) is 0 Å². The van der Waals surface area contributed by atoms with Crippen molar-refractivity contribution >= 4 is 23.1 Å². The number of halogens is 2. The smallest absolute Gasteiger partial charge is 0.255 e. The van der Waals surface area contributed by atoms with Crippen LogP contribution in [0.15, 0.2) is 60.8 Å². The van der Waals surface area contributed by atoms with Crippen LogP contribution in [0.4, 0.5) is 26.0 Å². The van der Waals surface area contributed by atoms with Gasteiger partial charge in [-0.15, -0.1) is 0 Å². The number of rotatable bonds is 6. The standard InChI is InChI=1S/C21H19F2N3O2/c1-13(2)28-17-6-4-16(5-7-17)25-20-11-14(9-10-24-20)21(27)26-19-8-3-15(22)12-18(19)23/h3-13H,1-2H3,(H,24,25)(H,26,27). The molecule has 3 rings (SSSR count).